The Hall–Kier alpha value is -2.42. The van der Waals surface area contributed by atoms with E-state index in [0.29, 0.717) is 11.3 Å². The second kappa shape index (κ2) is 6.15. The minimum absolute atomic E-state index is 0.0886. The number of allylic oxidation sites excluding steroid dienone is 1. The van der Waals surface area contributed by atoms with Gasteiger partial charge in [-0.3, -0.25) is 4.79 Å². The molecule has 2 aromatic carbocycles. The van der Waals surface area contributed by atoms with Crippen LogP contribution in [0.1, 0.15) is 21.5 Å². The molecule has 0 saturated heterocycles. The fraction of sp³-hybridized carbons (Fsp3) is 0.118. The summed E-state index contributed by atoms with van der Waals surface area (Å²) in [7, 11) is 0. The summed E-state index contributed by atoms with van der Waals surface area (Å²) in [6.45, 7) is 3.75. The monoisotopic (exact) mass is 269 g/mol. The minimum atomic E-state index is -0.300. The number of hydrogen-bond acceptors (Lipinski definition) is 2. The van der Waals surface area contributed by atoms with Gasteiger partial charge in [-0.15, -0.1) is 0 Å². The number of benzene rings is 2. The molecule has 0 radical (unpaired) electrons. The fourth-order valence-electron chi connectivity index (χ4n) is 1.93. The topological polar surface area (TPSA) is 29.1 Å². The summed E-state index contributed by atoms with van der Waals surface area (Å²) in [4.78, 5) is 11.9. The zero-order chi connectivity index (χ0) is 14.5. The number of nitrogens with one attached hydrogen (secondary N) is 1. The van der Waals surface area contributed by atoms with E-state index >= 15 is 0 Å². The molecule has 0 spiro atoms. The fourth-order valence-corrected chi connectivity index (χ4v) is 1.93. The van der Waals surface area contributed by atoms with E-state index in [1.165, 1.54) is 24.4 Å². The predicted molar refractivity (Wildman–Crippen MR) is 79.4 cm³/mol. The Morgan fingerprint density at radius 2 is 1.90 bits per heavy atom. The summed E-state index contributed by atoms with van der Waals surface area (Å²) in [5, 5.41) is 2.90. The molecule has 1 N–H and O–H groups in total. The highest BCUT2D eigenvalue weighted by atomic mass is 19.1. The molecule has 2 nitrogen and oxygen atoms in total. The average Bonchev–Trinajstić information content (AvgIpc) is 2.37. The van der Waals surface area contributed by atoms with E-state index < -0.39 is 0 Å². The zero-order valence-electron chi connectivity index (χ0n) is 11.5. The van der Waals surface area contributed by atoms with Crippen LogP contribution in [0.4, 0.5) is 10.1 Å². The first-order valence-electron chi connectivity index (χ1n) is 6.36. The average molecular weight is 269 g/mol. The van der Waals surface area contributed by atoms with Gasteiger partial charge >= 0.3 is 0 Å². The summed E-state index contributed by atoms with van der Waals surface area (Å²) < 4.78 is 13.2. The third-order valence-electron chi connectivity index (χ3n) is 2.83. The zero-order valence-corrected chi connectivity index (χ0v) is 11.5. The van der Waals surface area contributed by atoms with Crippen LogP contribution in [-0.4, -0.2) is 5.78 Å². The molecule has 102 valence electrons. The van der Waals surface area contributed by atoms with Gasteiger partial charge in [0, 0.05) is 23.5 Å². The van der Waals surface area contributed by atoms with Gasteiger partial charge in [-0.25, -0.2) is 4.39 Å². The van der Waals surface area contributed by atoms with Gasteiger partial charge in [-0.2, -0.15) is 0 Å². The van der Waals surface area contributed by atoms with Crippen LogP contribution in [0.3, 0.4) is 0 Å². The Morgan fingerprint density at radius 1 is 1.10 bits per heavy atom. The molecule has 0 unspecified atom stereocenters. The Morgan fingerprint density at radius 3 is 2.60 bits per heavy atom. The van der Waals surface area contributed by atoms with E-state index in [9.17, 15) is 9.18 Å². The number of anilines is 1. The molecule has 0 heterocycles. The molecule has 0 aliphatic rings. The summed E-state index contributed by atoms with van der Waals surface area (Å²) >= 11 is 0. The number of carbonyl (C=O) groups excluding carboxylic acids is 1. The Bertz CT molecular complexity index is 642. The first-order valence-corrected chi connectivity index (χ1v) is 6.36. The van der Waals surface area contributed by atoms with Crippen molar-refractivity contribution in [2.75, 3.05) is 5.32 Å². The largest absolute Gasteiger partial charge is 0.361 e. The van der Waals surface area contributed by atoms with E-state index in [0.717, 1.165) is 11.1 Å². The lowest BCUT2D eigenvalue weighted by molar-refractivity contribution is 0.104. The van der Waals surface area contributed by atoms with Crippen LogP contribution < -0.4 is 5.32 Å². The van der Waals surface area contributed by atoms with Gasteiger partial charge in [0.05, 0.1) is 0 Å². The molecule has 3 heteroatoms. The van der Waals surface area contributed by atoms with Crippen molar-refractivity contribution in [1.82, 2.24) is 0 Å². The Labute approximate surface area is 118 Å². The third kappa shape index (κ3) is 3.79. The molecular formula is C17H16FNO. The lowest BCUT2D eigenvalue weighted by atomic mass is 10.1. The molecule has 0 aliphatic carbocycles. The second-order valence-corrected chi connectivity index (χ2v) is 4.73. The highest BCUT2D eigenvalue weighted by molar-refractivity contribution is 6.04. The van der Waals surface area contributed by atoms with Gasteiger partial charge in [-0.1, -0.05) is 23.8 Å². The van der Waals surface area contributed by atoms with Crippen LogP contribution in [0.25, 0.3) is 0 Å². The molecule has 0 fully saturated rings. The van der Waals surface area contributed by atoms with E-state index in [-0.39, 0.29) is 11.6 Å². The quantitative estimate of drug-likeness (QED) is 0.664. The lowest BCUT2D eigenvalue weighted by Crippen LogP contribution is -1.97. The van der Waals surface area contributed by atoms with Crippen molar-refractivity contribution < 1.29 is 9.18 Å². The number of hydrogen-bond donors (Lipinski definition) is 1. The van der Waals surface area contributed by atoms with Crippen molar-refractivity contribution >= 4 is 11.5 Å². The molecule has 0 saturated carbocycles. The van der Waals surface area contributed by atoms with Gasteiger partial charge in [0.2, 0.25) is 0 Å². The molecule has 0 bridgehead atoms. The van der Waals surface area contributed by atoms with E-state index in [1.807, 2.05) is 38.1 Å². The van der Waals surface area contributed by atoms with Crippen LogP contribution in [0, 0.1) is 19.7 Å². The second-order valence-electron chi connectivity index (χ2n) is 4.73. The summed E-state index contributed by atoms with van der Waals surface area (Å²) in [5.74, 6) is -0.389. The maximum Gasteiger partial charge on any atom is 0.187 e. The highest BCUT2D eigenvalue weighted by Gasteiger charge is 2.01. The van der Waals surface area contributed by atoms with Crippen LogP contribution >= 0.6 is 0 Å². The van der Waals surface area contributed by atoms with Crippen molar-refractivity contribution in [3.8, 4) is 0 Å². The van der Waals surface area contributed by atoms with E-state index in [4.69, 9.17) is 0 Å². The molecule has 20 heavy (non-hydrogen) atoms. The standard InChI is InChI=1S/C17H16FNO/c1-12-4-3-5-14(8-12)17(20)6-7-19-16-10-13(2)9-15(18)11-16/h3-11,19H,1-2H3/b7-6-. The van der Waals surface area contributed by atoms with Crippen molar-refractivity contribution in [2.45, 2.75) is 13.8 Å². The number of rotatable bonds is 4. The van der Waals surface area contributed by atoms with Crippen LogP contribution in [0.5, 0.6) is 0 Å². The van der Waals surface area contributed by atoms with Gasteiger partial charge in [0.15, 0.2) is 5.78 Å². The number of halogens is 1. The van der Waals surface area contributed by atoms with Gasteiger partial charge in [-0.05, 0) is 43.7 Å². The van der Waals surface area contributed by atoms with Gasteiger partial charge in [0.1, 0.15) is 5.82 Å². The molecule has 0 amide bonds. The lowest BCUT2D eigenvalue weighted by Gasteiger charge is -2.02. The number of aryl methyl sites for hydroxylation is 2. The normalized spacial score (nSPS) is 10.8. The Balaban J connectivity index is 2.04. The van der Waals surface area contributed by atoms with E-state index in [1.54, 1.807) is 6.07 Å². The first kappa shape index (κ1) is 14.0. The minimum Gasteiger partial charge on any atom is -0.361 e. The van der Waals surface area contributed by atoms with Gasteiger partial charge in [0.25, 0.3) is 0 Å². The van der Waals surface area contributed by atoms with E-state index in [2.05, 4.69) is 5.32 Å². The maximum absolute atomic E-state index is 13.2. The number of carbonyl (C=O) groups is 1. The number of ketones is 1. The van der Waals surface area contributed by atoms with Crippen LogP contribution in [0.15, 0.2) is 54.7 Å². The molecular weight excluding hydrogens is 253 g/mol. The van der Waals surface area contributed by atoms with Gasteiger partial charge < -0.3 is 5.32 Å². The third-order valence-corrected chi connectivity index (χ3v) is 2.83. The first-order chi connectivity index (χ1) is 9.54. The van der Waals surface area contributed by atoms with Crippen LogP contribution in [0.2, 0.25) is 0 Å². The predicted octanol–water partition coefficient (Wildman–Crippen LogP) is 4.25. The molecule has 0 atom stereocenters. The van der Waals surface area contributed by atoms with Crippen LogP contribution in [-0.2, 0) is 0 Å². The molecule has 0 aliphatic heterocycles. The molecule has 0 aromatic heterocycles. The summed E-state index contributed by atoms with van der Waals surface area (Å²) in [6, 6.07) is 12.0. The van der Waals surface area contributed by atoms with Crippen molar-refractivity contribution in [3.05, 3.63) is 77.2 Å². The SMILES string of the molecule is Cc1cc(F)cc(N/C=C\C(=O)c2cccc(C)c2)c1. The highest BCUT2D eigenvalue weighted by Crippen LogP contribution is 2.13. The maximum atomic E-state index is 13.2. The summed E-state index contributed by atoms with van der Waals surface area (Å²) in [5.41, 5.74) is 3.12. The molecule has 2 aromatic rings. The van der Waals surface area contributed by atoms with Crippen molar-refractivity contribution in [3.63, 3.8) is 0 Å². The molecule has 2 rings (SSSR count). The van der Waals surface area contributed by atoms with Crippen molar-refractivity contribution in [1.29, 1.82) is 0 Å². The summed E-state index contributed by atoms with van der Waals surface area (Å²) in [6.07, 6.45) is 2.97. The van der Waals surface area contributed by atoms with Crippen molar-refractivity contribution in [2.24, 2.45) is 0 Å². The Kier molecular flexibility index (Phi) is 4.31. The smallest absolute Gasteiger partial charge is 0.187 e.